The number of hydrogen-bond acceptors (Lipinski definition) is 1. The van der Waals surface area contributed by atoms with Crippen molar-refractivity contribution in [2.75, 3.05) is 0 Å². The zero-order chi connectivity index (χ0) is 4.50. The minimum absolute atomic E-state index is 0. The van der Waals surface area contributed by atoms with E-state index in [4.69, 9.17) is 14.7 Å². The summed E-state index contributed by atoms with van der Waals surface area (Å²) in [5.74, 6) is 0. The minimum atomic E-state index is -3.81. The second-order valence-corrected chi connectivity index (χ2v) is 3.01. The molecule has 0 spiro atoms. The van der Waals surface area contributed by atoms with Gasteiger partial charge in [-0.3, -0.25) is 0 Å². The quantitative estimate of drug-likeness (QED) is 0.256. The van der Waals surface area contributed by atoms with Gasteiger partial charge in [-0.2, -0.15) is 0 Å². The third-order valence-corrected chi connectivity index (χ3v) is 0. The average molecular weight is 158 g/mol. The molecule has 3 nitrogen and oxygen atoms in total. The summed E-state index contributed by atoms with van der Waals surface area (Å²) in [5, 5.41) is 0. The molecule has 0 rings (SSSR count). The standard InChI is InChI=1S/ClH.Li.H3O3PS.H/c;;1-4(2,3)5;/h1H;;(H3,1,2,3,5);/q;+1;;-1. The maximum atomic E-state index is 7.56. The first-order chi connectivity index (χ1) is 2.00. The Hall–Kier alpha value is 1.42. The molecule has 0 aromatic carbocycles. The van der Waals surface area contributed by atoms with Crippen molar-refractivity contribution in [2.24, 2.45) is 0 Å². The first kappa shape index (κ1) is 15.8. The van der Waals surface area contributed by atoms with Crippen LogP contribution in [-0.4, -0.2) is 14.7 Å². The van der Waals surface area contributed by atoms with Crippen molar-refractivity contribution in [3.63, 3.8) is 0 Å². The number of rotatable bonds is 0. The fourth-order valence-corrected chi connectivity index (χ4v) is 0. The molecule has 42 valence electrons. The van der Waals surface area contributed by atoms with E-state index in [0.29, 0.717) is 0 Å². The van der Waals surface area contributed by atoms with Crippen molar-refractivity contribution >= 4 is 30.9 Å². The Morgan fingerprint density at radius 2 is 1.29 bits per heavy atom. The van der Waals surface area contributed by atoms with Gasteiger partial charge in [-0.05, 0) is 11.8 Å². The van der Waals surface area contributed by atoms with Gasteiger partial charge in [0.15, 0.2) is 0 Å². The average Bonchev–Trinajstić information content (AvgIpc) is 0.722. The van der Waals surface area contributed by atoms with Gasteiger partial charge in [0.25, 0.3) is 0 Å². The van der Waals surface area contributed by atoms with Crippen molar-refractivity contribution in [3.05, 3.63) is 0 Å². The van der Waals surface area contributed by atoms with E-state index in [1.165, 1.54) is 0 Å². The summed E-state index contributed by atoms with van der Waals surface area (Å²) >= 11 is 3.60. The predicted molar refractivity (Wildman–Crippen MR) is 29.3 cm³/mol. The maximum absolute atomic E-state index is 7.56. The van der Waals surface area contributed by atoms with Crippen LogP contribution in [0.2, 0.25) is 0 Å². The molecule has 0 unspecified atom stereocenters. The minimum Gasteiger partial charge on any atom is -1.00 e. The van der Waals surface area contributed by atoms with E-state index in [9.17, 15) is 0 Å². The van der Waals surface area contributed by atoms with E-state index in [-0.39, 0.29) is 32.7 Å². The van der Waals surface area contributed by atoms with Gasteiger partial charge in [-0.15, -0.1) is 12.4 Å². The normalized spacial score (nSPS) is 8.43. The zero-order valence-electron chi connectivity index (χ0n) is 4.61. The van der Waals surface area contributed by atoms with E-state index in [2.05, 4.69) is 11.8 Å². The van der Waals surface area contributed by atoms with Crippen LogP contribution in [-0.2, 0) is 11.8 Å². The Bertz CT molecular complexity index is 65.4. The second-order valence-electron chi connectivity index (χ2n) is 0.513. The van der Waals surface area contributed by atoms with Crippen molar-refractivity contribution < 1.29 is 35.0 Å². The summed E-state index contributed by atoms with van der Waals surface area (Å²) < 4.78 is 0. The first-order valence-corrected chi connectivity index (χ1v) is 3.44. The van der Waals surface area contributed by atoms with Crippen molar-refractivity contribution in [1.29, 1.82) is 0 Å². The van der Waals surface area contributed by atoms with E-state index in [0.717, 1.165) is 0 Å². The van der Waals surface area contributed by atoms with Crippen LogP contribution >= 0.6 is 19.1 Å². The molecular formula is H5ClLiO3PS. The van der Waals surface area contributed by atoms with Gasteiger partial charge in [0.05, 0.1) is 0 Å². The molecular weight excluding hydrogens is 153 g/mol. The molecule has 0 aliphatic heterocycles. The van der Waals surface area contributed by atoms with E-state index < -0.39 is 6.72 Å². The number of hydrogen-bond donors (Lipinski definition) is 3. The van der Waals surface area contributed by atoms with Crippen molar-refractivity contribution in [2.45, 2.75) is 0 Å². The molecule has 3 N–H and O–H groups in total. The molecule has 7 heavy (non-hydrogen) atoms. The fourth-order valence-electron chi connectivity index (χ4n) is 0. The second kappa shape index (κ2) is 5.55. The fraction of sp³-hybridized carbons (Fsp3) is 0. The van der Waals surface area contributed by atoms with Gasteiger partial charge in [0.1, 0.15) is 0 Å². The van der Waals surface area contributed by atoms with Crippen LogP contribution in [0.1, 0.15) is 1.43 Å². The zero-order valence-corrected chi connectivity index (χ0v) is 6.13. The van der Waals surface area contributed by atoms with Crippen LogP contribution in [0.5, 0.6) is 0 Å². The van der Waals surface area contributed by atoms with Crippen LogP contribution in [0.3, 0.4) is 0 Å². The molecule has 0 fully saturated rings. The molecule has 0 heterocycles. The summed E-state index contributed by atoms with van der Waals surface area (Å²) in [6.07, 6.45) is 0. The monoisotopic (exact) mass is 158 g/mol. The Balaban J connectivity index is -0.0000000267. The summed E-state index contributed by atoms with van der Waals surface area (Å²) in [5.41, 5.74) is 0. The Morgan fingerprint density at radius 1 is 1.29 bits per heavy atom. The Kier molecular flexibility index (Phi) is 12.5. The van der Waals surface area contributed by atoms with E-state index >= 15 is 0 Å². The molecule has 0 radical (unpaired) electrons. The molecule has 0 aliphatic carbocycles. The van der Waals surface area contributed by atoms with E-state index in [1.54, 1.807) is 0 Å². The van der Waals surface area contributed by atoms with Gasteiger partial charge in [0, 0.05) is 0 Å². The Labute approximate surface area is 66.1 Å². The molecule has 0 aromatic heterocycles. The molecule has 7 heteroatoms. The van der Waals surface area contributed by atoms with Crippen molar-refractivity contribution in [1.82, 2.24) is 0 Å². The topological polar surface area (TPSA) is 60.7 Å². The molecule has 0 aromatic rings. The van der Waals surface area contributed by atoms with Gasteiger partial charge in [-0.25, -0.2) is 0 Å². The van der Waals surface area contributed by atoms with Gasteiger partial charge in [-0.1, -0.05) is 0 Å². The third-order valence-electron chi connectivity index (χ3n) is 0. The summed E-state index contributed by atoms with van der Waals surface area (Å²) in [6, 6.07) is 0. The largest absolute Gasteiger partial charge is 1.00 e. The Morgan fingerprint density at radius 3 is 1.29 bits per heavy atom. The van der Waals surface area contributed by atoms with Crippen LogP contribution in [0.15, 0.2) is 0 Å². The van der Waals surface area contributed by atoms with E-state index in [1.807, 2.05) is 0 Å². The van der Waals surface area contributed by atoms with Crippen LogP contribution in [0, 0.1) is 0 Å². The van der Waals surface area contributed by atoms with Crippen LogP contribution in [0.4, 0.5) is 0 Å². The predicted octanol–water partition coefficient (Wildman–Crippen LogP) is -3.27. The SMILES string of the molecule is Cl.OP(O)(O)=S.[H-].[Li+]. The molecule has 0 aliphatic rings. The molecule has 0 atom stereocenters. The summed E-state index contributed by atoms with van der Waals surface area (Å²) in [6.45, 7) is -3.81. The van der Waals surface area contributed by atoms with Crippen molar-refractivity contribution in [3.8, 4) is 0 Å². The molecule has 0 amide bonds. The van der Waals surface area contributed by atoms with Gasteiger partial charge >= 0.3 is 25.6 Å². The maximum Gasteiger partial charge on any atom is 1.00 e. The molecule has 0 saturated carbocycles. The smallest absolute Gasteiger partial charge is 1.00 e. The van der Waals surface area contributed by atoms with Gasteiger partial charge in [0.2, 0.25) is 0 Å². The van der Waals surface area contributed by atoms with Gasteiger partial charge < -0.3 is 16.1 Å². The molecule has 0 bridgehead atoms. The first-order valence-electron chi connectivity index (χ1n) is 0.783. The van der Waals surface area contributed by atoms with Crippen LogP contribution < -0.4 is 18.9 Å². The van der Waals surface area contributed by atoms with Crippen LogP contribution in [0.25, 0.3) is 0 Å². The molecule has 0 saturated heterocycles. The number of halogens is 1. The third kappa shape index (κ3) is 108. The summed E-state index contributed by atoms with van der Waals surface area (Å²) in [7, 11) is 0. The summed E-state index contributed by atoms with van der Waals surface area (Å²) in [4.78, 5) is 22.7.